The zero-order chi connectivity index (χ0) is 17.0. The summed E-state index contributed by atoms with van der Waals surface area (Å²) in [4.78, 5) is 22.1. The Balaban J connectivity index is 2.06. The maximum absolute atomic E-state index is 13.3. The van der Waals surface area contributed by atoms with E-state index in [9.17, 15) is 14.0 Å². The van der Waals surface area contributed by atoms with Gasteiger partial charge >= 0.3 is 13.1 Å². The molecule has 0 bridgehead atoms. The number of halogens is 1. The van der Waals surface area contributed by atoms with Crippen LogP contribution in [0.15, 0.2) is 28.4 Å². The summed E-state index contributed by atoms with van der Waals surface area (Å²) in [5.41, 5.74) is 0.0712. The first-order valence-corrected chi connectivity index (χ1v) is 7.20. The van der Waals surface area contributed by atoms with E-state index in [4.69, 9.17) is 15.2 Å². The fraction of sp³-hybridized carbons (Fsp3) is 0.167. The van der Waals surface area contributed by atoms with Crippen LogP contribution >= 0.6 is 11.8 Å². The average Bonchev–Trinajstić information content (AvgIpc) is 2.80. The first-order chi connectivity index (χ1) is 10.9. The summed E-state index contributed by atoms with van der Waals surface area (Å²) in [5.74, 6) is -2.32. The second-order valence-electron chi connectivity index (χ2n) is 4.50. The number of aliphatic carboxylic acids is 1. The van der Waals surface area contributed by atoms with Gasteiger partial charge in [0.1, 0.15) is 11.1 Å². The number of rotatable bonds is 5. The number of hydrogen-bond donors (Lipinski definition) is 4. The van der Waals surface area contributed by atoms with Crippen LogP contribution in [0.5, 0.6) is 0 Å². The van der Waals surface area contributed by atoms with Crippen molar-refractivity contribution in [1.29, 1.82) is 0 Å². The number of amides is 1. The Morgan fingerprint density at radius 1 is 1.48 bits per heavy atom. The van der Waals surface area contributed by atoms with Crippen molar-refractivity contribution in [3.63, 3.8) is 0 Å². The lowest BCUT2D eigenvalue weighted by Crippen LogP contribution is -2.33. The van der Waals surface area contributed by atoms with Gasteiger partial charge in [-0.3, -0.25) is 9.59 Å². The summed E-state index contributed by atoms with van der Waals surface area (Å²) in [6.45, 7) is 0. The van der Waals surface area contributed by atoms with Crippen LogP contribution in [0.2, 0.25) is 0 Å². The molecule has 1 amide bonds. The predicted octanol–water partition coefficient (Wildman–Crippen LogP) is -1.10. The normalized spacial score (nSPS) is 19.3. The SMILES string of the molecule is O=C(O)CC1SC(=NN=Cc2ccc(F)c(B(O)O)c2)NC1=O. The Morgan fingerprint density at radius 3 is 2.87 bits per heavy atom. The molecule has 1 heterocycles. The molecule has 1 aliphatic heterocycles. The van der Waals surface area contributed by atoms with Crippen LogP contribution in [0.1, 0.15) is 12.0 Å². The molecule has 1 atom stereocenters. The van der Waals surface area contributed by atoms with Crippen LogP contribution in [-0.2, 0) is 9.59 Å². The summed E-state index contributed by atoms with van der Waals surface area (Å²) < 4.78 is 13.3. The van der Waals surface area contributed by atoms with Crippen LogP contribution in [0.4, 0.5) is 4.39 Å². The molecule has 1 saturated heterocycles. The quantitative estimate of drug-likeness (QED) is 0.306. The molecule has 1 aromatic rings. The third-order valence-electron chi connectivity index (χ3n) is 2.79. The highest BCUT2D eigenvalue weighted by molar-refractivity contribution is 8.15. The molecule has 1 aliphatic rings. The molecule has 0 aliphatic carbocycles. The van der Waals surface area contributed by atoms with E-state index in [1.165, 1.54) is 18.3 Å². The molecular weight excluding hydrogens is 328 g/mol. The number of carbonyl (C=O) groups excluding carboxylic acids is 1. The van der Waals surface area contributed by atoms with Crippen molar-refractivity contribution in [2.45, 2.75) is 11.7 Å². The zero-order valence-corrected chi connectivity index (χ0v) is 12.3. The number of nitrogens with zero attached hydrogens (tertiary/aromatic N) is 2. The maximum atomic E-state index is 13.3. The number of nitrogens with one attached hydrogen (secondary N) is 1. The highest BCUT2D eigenvalue weighted by Crippen LogP contribution is 2.22. The van der Waals surface area contributed by atoms with E-state index < -0.39 is 30.1 Å². The van der Waals surface area contributed by atoms with E-state index in [0.29, 0.717) is 5.56 Å². The van der Waals surface area contributed by atoms with Gasteiger partial charge in [0.2, 0.25) is 5.91 Å². The standard InChI is InChI=1S/C12H11BFN3O5S/c14-8-2-1-6(3-7(8)13(21)22)5-15-17-12-16-11(20)9(23-12)4-10(18)19/h1-3,5,9,21-22H,4H2,(H,18,19)(H,16,17,20). The molecule has 120 valence electrons. The lowest BCUT2D eigenvalue weighted by atomic mass is 9.79. The van der Waals surface area contributed by atoms with E-state index in [1.54, 1.807) is 0 Å². The van der Waals surface area contributed by atoms with Crippen molar-refractivity contribution in [2.24, 2.45) is 10.2 Å². The van der Waals surface area contributed by atoms with E-state index in [1.807, 2.05) is 0 Å². The topological polar surface area (TPSA) is 132 Å². The highest BCUT2D eigenvalue weighted by Gasteiger charge is 2.32. The fourth-order valence-electron chi connectivity index (χ4n) is 1.73. The lowest BCUT2D eigenvalue weighted by molar-refractivity contribution is -0.138. The Hall–Kier alpha value is -2.24. The van der Waals surface area contributed by atoms with Crippen molar-refractivity contribution < 1.29 is 29.1 Å². The van der Waals surface area contributed by atoms with Gasteiger partial charge in [-0.05, 0) is 11.6 Å². The molecule has 2 rings (SSSR count). The Bertz CT molecular complexity index is 697. The largest absolute Gasteiger partial charge is 0.491 e. The molecule has 0 aromatic heterocycles. The van der Waals surface area contributed by atoms with Gasteiger partial charge in [0.15, 0.2) is 5.17 Å². The number of carboxylic acid groups (broad SMARTS) is 1. The molecule has 0 radical (unpaired) electrons. The predicted molar refractivity (Wildman–Crippen MR) is 83.0 cm³/mol. The molecule has 11 heteroatoms. The summed E-state index contributed by atoms with van der Waals surface area (Å²) in [7, 11) is -1.95. The first kappa shape index (κ1) is 17.1. The molecular formula is C12H11BFN3O5S. The van der Waals surface area contributed by atoms with Crippen molar-refractivity contribution in [3.05, 3.63) is 29.6 Å². The van der Waals surface area contributed by atoms with Crippen LogP contribution in [0.25, 0.3) is 0 Å². The molecule has 8 nitrogen and oxygen atoms in total. The number of carboxylic acids is 1. The Morgan fingerprint density at radius 2 is 2.22 bits per heavy atom. The smallest absolute Gasteiger partial charge is 0.481 e. The van der Waals surface area contributed by atoms with Gasteiger partial charge in [-0.25, -0.2) is 4.39 Å². The number of benzene rings is 1. The van der Waals surface area contributed by atoms with Crippen LogP contribution in [-0.4, -0.2) is 50.8 Å². The van der Waals surface area contributed by atoms with Gasteiger partial charge in [0.05, 0.1) is 12.6 Å². The summed E-state index contributed by atoms with van der Waals surface area (Å²) in [6.07, 6.45) is 0.907. The monoisotopic (exact) mass is 339 g/mol. The van der Waals surface area contributed by atoms with Gasteiger partial charge in [-0.1, -0.05) is 23.9 Å². The van der Waals surface area contributed by atoms with Gasteiger partial charge in [-0.2, -0.15) is 5.10 Å². The van der Waals surface area contributed by atoms with Crippen molar-refractivity contribution in [1.82, 2.24) is 5.32 Å². The van der Waals surface area contributed by atoms with E-state index >= 15 is 0 Å². The van der Waals surface area contributed by atoms with Crippen LogP contribution in [0, 0.1) is 5.82 Å². The number of hydrogen-bond acceptors (Lipinski definition) is 7. The number of carbonyl (C=O) groups is 2. The van der Waals surface area contributed by atoms with Crippen molar-refractivity contribution in [3.8, 4) is 0 Å². The van der Waals surface area contributed by atoms with Crippen LogP contribution in [0.3, 0.4) is 0 Å². The minimum absolute atomic E-state index is 0.155. The lowest BCUT2D eigenvalue weighted by Gasteiger charge is -2.02. The summed E-state index contributed by atoms with van der Waals surface area (Å²) >= 11 is 0.947. The average molecular weight is 339 g/mol. The molecule has 4 N–H and O–H groups in total. The molecule has 1 unspecified atom stereocenters. The zero-order valence-electron chi connectivity index (χ0n) is 11.5. The summed E-state index contributed by atoms with van der Waals surface area (Å²) in [6, 6.07) is 3.61. The van der Waals surface area contributed by atoms with Gasteiger partial charge in [0.25, 0.3) is 0 Å². The first-order valence-electron chi connectivity index (χ1n) is 6.32. The number of thioether (sulfide) groups is 1. The fourth-order valence-corrected chi connectivity index (χ4v) is 2.65. The van der Waals surface area contributed by atoms with E-state index in [0.717, 1.165) is 17.8 Å². The second-order valence-corrected chi connectivity index (χ2v) is 5.69. The van der Waals surface area contributed by atoms with Crippen molar-refractivity contribution in [2.75, 3.05) is 0 Å². The summed E-state index contributed by atoms with van der Waals surface area (Å²) in [5, 5.41) is 35.9. The molecule has 23 heavy (non-hydrogen) atoms. The van der Waals surface area contributed by atoms with Gasteiger partial charge in [-0.15, -0.1) is 5.10 Å². The minimum Gasteiger partial charge on any atom is -0.481 e. The Labute approximate surface area is 134 Å². The van der Waals surface area contributed by atoms with Crippen LogP contribution < -0.4 is 10.8 Å². The second kappa shape index (κ2) is 7.35. The van der Waals surface area contributed by atoms with Gasteiger partial charge in [0, 0.05) is 5.46 Å². The molecule has 1 aromatic carbocycles. The third kappa shape index (κ3) is 4.61. The van der Waals surface area contributed by atoms with Gasteiger partial charge < -0.3 is 20.5 Å². The highest BCUT2D eigenvalue weighted by atomic mass is 32.2. The molecule has 1 fully saturated rings. The van der Waals surface area contributed by atoms with E-state index in [2.05, 4.69) is 15.5 Å². The molecule has 0 saturated carbocycles. The number of amidine groups is 1. The minimum atomic E-state index is -1.95. The van der Waals surface area contributed by atoms with E-state index in [-0.39, 0.29) is 17.1 Å². The third-order valence-corrected chi connectivity index (χ3v) is 3.86. The van der Waals surface area contributed by atoms with Crippen molar-refractivity contribution >= 4 is 47.6 Å². The Kier molecular flexibility index (Phi) is 5.47. The maximum Gasteiger partial charge on any atom is 0.491 e. The molecule has 0 spiro atoms.